The predicted octanol–water partition coefficient (Wildman–Crippen LogP) is 0.647. The van der Waals surface area contributed by atoms with Gasteiger partial charge < -0.3 is 5.11 Å². The van der Waals surface area contributed by atoms with E-state index in [4.69, 9.17) is 5.11 Å². The molecule has 0 aliphatic rings. The van der Waals surface area contributed by atoms with Gasteiger partial charge >= 0.3 is 0 Å². The molecule has 0 bridgehead atoms. The van der Waals surface area contributed by atoms with Crippen LogP contribution in [0.15, 0.2) is 11.4 Å². The molecule has 1 heterocycles. The summed E-state index contributed by atoms with van der Waals surface area (Å²) in [6.45, 7) is 1.65. The van der Waals surface area contributed by atoms with Crippen LogP contribution in [0, 0.1) is 0 Å². The van der Waals surface area contributed by atoms with Crippen LogP contribution in [0.1, 0.15) is 18.7 Å². The number of aromatic nitrogens is 3. The van der Waals surface area contributed by atoms with E-state index in [2.05, 4.69) is 15.2 Å². The summed E-state index contributed by atoms with van der Waals surface area (Å²) in [6.07, 6.45) is 2.75. The molecule has 0 aromatic carbocycles. The van der Waals surface area contributed by atoms with Crippen LogP contribution in [-0.2, 0) is 0 Å². The number of rotatable bonds is 2. The second kappa shape index (κ2) is 3.64. The number of aliphatic hydroxyl groups excluding tert-OH is 1. The second-order valence-corrected chi connectivity index (χ2v) is 2.82. The summed E-state index contributed by atoms with van der Waals surface area (Å²) in [5, 5.41) is 17.1. The second-order valence-electron chi connectivity index (χ2n) is 2.04. The first-order valence-electron chi connectivity index (χ1n) is 3.15. The smallest absolute Gasteiger partial charge is 0.209 e. The molecule has 4 nitrogen and oxygen atoms in total. The molecule has 1 aromatic heterocycles. The van der Waals surface area contributed by atoms with E-state index >= 15 is 0 Å². The first kappa shape index (κ1) is 8.42. The van der Waals surface area contributed by atoms with Gasteiger partial charge in [-0.15, -0.1) is 5.10 Å². The van der Waals surface area contributed by atoms with Gasteiger partial charge in [-0.25, -0.2) is 4.98 Å². The Morgan fingerprint density at radius 2 is 2.36 bits per heavy atom. The molecule has 0 spiro atoms. The molecule has 0 amide bonds. The third-order valence-electron chi connectivity index (χ3n) is 1.17. The first-order chi connectivity index (χ1) is 5.24. The summed E-state index contributed by atoms with van der Waals surface area (Å²) < 4.78 is 0. The van der Waals surface area contributed by atoms with Crippen molar-refractivity contribution in [1.82, 2.24) is 15.2 Å². The molecule has 1 N–H and O–H groups in total. The van der Waals surface area contributed by atoms with E-state index in [0.717, 1.165) is 0 Å². The van der Waals surface area contributed by atoms with E-state index in [-0.39, 0.29) is 0 Å². The average molecular weight is 171 g/mol. The highest BCUT2D eigenvalue weighted by molar-refractivity contribution is 7.98. The van der Waals surface area contributed by atoms with Crippen molar-refractivity contribution in [3.63, 3.8) is 0 Å². The molecular formula is C6H9N3OS. The molecule has 1 rings (SSSR count). The molecule has 0 saturated heterocycles. The van der Waals surface area contributed by atoms with Crippen LogP contribution in [0.3, 0.4) is 0 Å². The van der Waals surface area contributed by atoms with Gasteiger partial charge in [0.15, 0.2) is 0 Å². The van der Waals surface area contributed by atoms with E-state index in [1.54, 1.807) is 6.92 Å². The lowest BCUT2D eigenvalue weighted by Gasteiger charge is -2.01. The Hall–Kier alpha value is -0.680. The van der Waals surface area contributed by atoms with E-state index in [1.807, 2.05) is 6.26 Å². The topological polar surface area (TPSA) is 58.9 Å². The quantitative estimate of drug-likeness (QED) is 0.662. The van der Waals surface area contributed by atoms with Gasteiger partial charge in [0.2, 0.25) is 5.16 Å². The number of hydrogen-bond acceptors (Lipinski definition) is 5. The standard InChI is InChI=1S/C6H9N3OS/c1-4(10)5-3-7-9-6(8-5)11-2/h3-4,10H,1-2H3/t4-/m1/s1. The minimum absolute atomic E-state index is 0.560. The van der Waals surface area contributed by atoms with Crippen molar-refractivity contribution in [2.45, 2.75) is 18.2 Å². The van der Waals surface area contributed by atoms with E-state index < -0.39 is 6.10 Å². The summed E-state index contributed by atoms with van der Waals surface area (Å²) >= 11 is 1.40. The monoisotopic (exact) mass is 171 g/mol. The lowest BCUT2D eigenvalue weighted by molar-refractivity contribution is 0.192. The lowest BCUT2D eigenvalue weighted by Crippen LogP contribution is -1.99. The maximum absolute atomic E-state index is 9.10. The Kier molecular flexibility index (Phi) is 2.78. The Labute approximate surface area is 69.1 Å². The van der Waals surface area contributed by atoms with Crippen LogP contribution in [0.5, 0.6) is 0 Å². The summed E-state index contributed by atoms with van der Waals surface area (Å²) in [4.78, 5) is 4.03. The molecule has 0 unspecified atom stereocenters. The molecule has 60 valence electrons. The Morgan fingerprint density at radius 1 is 1.64 bits per heavy atom. The zero-order valence-electron chi connectivity index (χ0n) is 6.35. The molecule has 1 aromatic rings. The van der Waals surface area contributed by atoms with Crippen LogP contribution >= 0.6 is 11.8 Å². The van der Waals surface area contributed by atoms with Gasteiger partial charge in [0, 0.05) is 0 Å². The van der Waals surface area contributed by atoms with Gasteiger partial charge in [0.05, 0.1) is 18.0 Å². The summed E-state index contributed by atoms with van der Waals surface area (Å²) in [7, 11) is 0. The highest BCUT2D eigenvalue weighted by atomic mass is 32.2. The minimum Gasteiger partial charge on any atom is -0.387 e. The fraction of sp³-hybridized carbons (Fsp3) is 0.500. The van der Waals surface area contributed by atoms with Gasteiger partial charge in [-0.1, -0.05) is 11.8 Å². The molecule has 0 radical (unpaired) electrons. The largest absolute Gasteiger partial charge is 0.387 e. The summed E-state index contributed by atoms with van der Waals surface area (Å²) in [6, 6.07) is 0. The number of nitrogens with zero attached hydrogens (tertiary/aromatic N) is 3. The summed E-state index contributed by atoms with van der Waals surface area (Å²) in [5.74, 6) is 0. The van der Waals surface area contributed by atoms with Crippen LogP contribution in [0.4, 0.5) is 0 Å². The van der Waals surface area contributed by atoms with Gasteiger partial charge in [0.25, 0.3) is 0 Å². The molecule has 0 aliphatic carbocycles. The fourth-order valence-electron chi connectivity index (χ4n) is 0.587. The van der Waals surface area contributed by atoms with E-state index in [1.165, 1.54) is 18.0 Å². The maximum atomic E-state index is 9.10. The SMILES string of the molecule is CSc1nncc([C@@H](C)O)n1. The van der Waals surface area contributed by atoms with Gasteiger partial charge in [-0.3, -0.25) is 0 Å². The number of hydrogen-bond donors (Lipinski definition) is 1. The average Bonchev–Trinajstić information content (AvgIpc) is 2.05. The highest BCUT2D eigenvalue weighted by Crippen LogP contribution is 2.10. The Bertz CT molecular complexity index is 241. The molecule has 11 heavy (non-hydrogen) atoms. The van der Waals surface area contributed by atoms with E-state index in [9.17, 15) is 0 Å². The molecule has 1 atom stereocenters. The number of thioether (sulfide) groups is 1. The van der Waals surface area contributed by atoms with Crippen molar-refractivity contribution >= 4 is 11.8 Å². The molecular weight excluding hydrogens is 162 g/mol. The Morgan fingerprint density at radius 3 is 2.91 bits per heavy atom. The zero-order valence-corrected chi connectivity index (χ0v) is 7.17. The van der Waals surface area contributed by atoms with Crippen molar-refractivity contribution in [3.05, 3.63) is 11.9 Å². The first-order valence-corrected chi connectivity index (χ1v) is 4.38. The molecule has 5 heteroatoms. The fourth-order valence-corrected chi connectivity index (χ4v) is 0.912. The highest BCUT2D eigenvalue weighted by Gasteiger charge is 2.03. The molecule has 0 aliphatic heterocycles. The van der Waals surface area contributed by atoms with Crippen molar-refractivity contribution in [1.29, 1.82) is 0 Å². The van der Waals surface area contributed by atoms with Gasteiger partial charge in [-0.05, 0) is 13.2 Å². The predicted molar refractivity (Wildman–Crippen MR) is 42.2 cm³/mol. The van der Waals surface area contributed by atoms with Crippen LogP contribution in [0.2, 0.25) is 0 Å². The van der Waals surface area contributed by atoms with E-state index in [0.29, 0.717) is 10.9 Å². The van der Waals surface area contributed by atoms with Gasteiger partial charge in [-0.2, -0.15) is 5.10 Å². The Balaban J connectivity index is 2.91. The third kappa shape index (κ3) is 2.13. The zero-order chi connectivity index (χ0) is 8.27. The molecule has 0 saturated carbocycles. The van der Waals surface area contributed by atoms with Crippen molar-refractivity contribution in [2.24, 2.45) is 0 Å². The third-order valence-corrected chi connectivity index (χ3v) is 1.71. The van der Waals surface area contributed by atoms with Crippen LogP contribution in [-0.4, -0.2) is 26.5 Å². The summed E-state index contributed by atoms with van der Waals surface area (Å²) in [5.41, 5.74) is 0.560. The van der Waals surface area contributed by atoms with Gasteiger partial charge in [0.1, 0.15) is 0 Å². The normalized spacial score (nSPS) is 13.0. The van der Waals surface area contributed by atoms with Crippen molar-refractivity contribution in [2.75, 3.05) is 6.26 Å². The minimum atomic E-state index is -0.573. The maximum Gasteiger partial charge on any atom is 0.209 e. The van der Waals surface area contributed by atoms with Crippen molar-refractivity contribution in [3.8, 4) is 0 Å². The van der Waals surface area contributed by atoms with Crippen molar-refractivity contribution < 1.29 is 5.11 Å². The lowest BCUT2D eigenvalue weighted by atomic mass is 10.3. The molecule has 0 fully saturated rings. The van der Waals surface area contributed by atoms with Crippen LogP contribution in [0.25, 0.3) is 0 Å². The van der Waals surface area contributed by atoms with Crippen LogP contribution < -0.4 is 0 Å². The number of aliphatic hydroxyl groups is 1.